The zero-order chi connectivity index (χ0) is 15.6. The van der Waals surface area contributed by atoms with Gasteiger partial charge in [0.05, 0.1) is 18.0 Å². The van der Waals surface area contributed by atoms with E-state index in [1.165, 1.54) is 22.5 Å². The molecular weight excluding hydrogens is 307 g/mol. The predicted molar refractivity (Wildman–Crippen MR) is 78.9 cm³/mol. The second kappa shape index (κ2) is 6.13. The number of aromatic nitrogens is 3. The van der Waals surface area contributed by atoms with Crippen molar-refractivity contribution in [2.75, 3.05) is 13.1 Å². The van der Waals surface area contributed by atoms with E-state index in [1.54, 1.807) is 23.1 Å². The Morgan fingerprint density at radius 3 is 2.68 bits per heavy atom. The Bertz CT molecular complexity index is 725. The third-order valence-electron chi connectivity index (χ3n) is 3.87. The molecule has 0 unspecified atom stereocenters. The number of halogens is 1. The molecule has 1 aromatic heterocycles. The van der Waals surface area contributed by atoms with Gasteiger partial charge in [0.1, 0.15) is 5.82 Å². The lowest BCUT2D eigenvalue weighted by Crippen LogP contribution is -2.39. The summed E-state index contributed by atoms with van der Waals surface area (Å²) >= 11 is 0. The average molecular weight is 324 g/mol. The molecule has 1 saturated heterocycles. The van der Waals surface area contributed by atoms with Crippen molar-refractivity contribution in [1.29, 1.82) is 0 Å². The minimum Gasteiger partial charge on any atom is -0.249 e. The Hall–Kier alpha value is -1.80. The van der Waals surface area contributed by atoms with Crippen LogP contribution in [-0.4, -0.2) is 40.8 Å². The number of hydrogen-bond donors (Lipinski definition) is 0. The highest BCUT2D eigenvalue weighted by atomic mass is 32.2. The first-order chi connectivity index (χ1) is 10.5. The molecule has 1 aromatic carbocycles. The van der Waals surface area contributed by atoms with Gasteiger partial charge in [-0.1, -0.05) is 17.3 Å². The third-order valence-corrected chi connectivity index (χ3v) is 5.72. The first-order valence-electron chi connectivity index (χ1n) is 7.13. The van der Waals surface area contributed by atoms with E-state index in [0.29, 0.717) is 31.5 Å². The number of piperidine rings is 1. The van der Waals surface area contributed by atoms with E-state index in [0.717, 1.165) is 0 Å². The maximum Gasteiger partial charge on any atom is 0.218 e. The summed E-state index contributed by atoms with van der Waals surface area (Å²) in [7, 11) is -3.42. The van der Waals surface area contributed by atoms with Gasteiger partial charge < -0.3 is 0 Å². The molecule has 0 atom stereocenters. The maximum atomic E-state index is 13.2. The Balaban J connectivity index is 1.64. The quantitative estimate of drug-likeness (QED) is 0.856. The molecule has 0 bridgehead atoms. The maximum absolute atomic E-state index is 13.2. The molecule has 0 saturated carbocycles. The second-order valence-electron chi connectivity index (χ2n) is 5.40. The number of rotatable bonds is 4. The van der Waals surface area contributed by atoms with Gasteiger partial charge in [-0.05, 0) is 30.5 Å². The van der Waals surface area contributed by atoms with Crippen LogP contribution in [0.2, 0.25) is 0 Å². The number of benzene rings is 1. The molecule has 1 fully saturated rings. The topological polar surface area (TPSA) is 68.1 Å². The minimum atomic E-state index is -3.42. The standard InChI is InChI=1S/C14H17FN4O2S/c15-13-3-1-2-12(10-13)11-22(20,21)18-7-4-14(5-8-18)19-9-6-16-17-19/h1-3,6,9-10,14H,4-5,7-8,11H2. The van der Waals surface area contributed by atoms with Crippen LogP contribution in [0.15, 0.2) is 36.7 Å². The van der Waals surface area contributed by atoms with E-state index in [2.05, 4.69) is 10.3 Å². The molecule has 0 radical (unpaired) electrons. The van der Waals surface area contributed by atoms with Crippen LogP contribution < -0.4 is 0 Å². The SMILES string of the molecule is O=S(=O)(Cc1cccc(F)c1)N1CCC(n2ccnn2)CC1. The normalized spacial score (nSPS) is 17.7. The molecule has 0 amide bonds. The van der Waals surface area contributed by atoms with E-state index in [4.69, 9.17) is 0 Å². The van der Waals surface area contributed by atoms with Crippen molar-refractivity contribution >= 4 is 10.0 Å². The fraction of sp³-hybridized carbons (Fsp3) is 0.429. The molecule has 1 aliphatic rings. The minimum absolute atomic E-state index is 0.168. The van der Waals surface area contributed by atoms with Crippen molar-refractivity contribution in [3.63, 3.8) is 0 Å². The van der Waals surface area contributed by atoms with E-state index in [-0.39, 0.29) is 11.8 Å². The van der Waals surface area contributed by atoms with Crippen LogP contribution in [0.3, 0.4) is 0 Å². The molecule has 0 N–H and O–H groups in total. The highest BCUT2D eigenvalue weighted by Crippen LogP contribution is 2.24. The fourth-order valence-electron chi connectivity index (χ4n) is 2.73. The van der Waals surface area contributed by atoms with Crippen molar-refractivity contribution in [2.24, 2.45) is 0 Å². The van der Waals surface area contributed by atoms with Crippen molar-refractivity contribution in [2.45, 2.75) is 24.6 Å². The number of sulfonamides is 1. The van der Waals surface area contributed by atoms with Crippen LogP contribution in [0.4, 0.5) is 4.39 Å². The van der Waals surface area contributed by atoms with Crippen LogP contribution in [0.1, 0.15) is 24.4 Å². The van der Waals surface area contributed by atoms with E-state index in [1.807, 2.05) is 0 Å². The van der Waals surface area contributed by atoms with Crippen LogP contribution in [0.25, 0.3) is 0 Å². The average Bonchev–Trinajstić information content (AvgIpc) is 3.01. The molecule has 3 rings (SSSR count). The van der Waals surface area contributed by atoms with Gasteiger partial charge >= 0.3 is 0 Å². The fourth-order valence-corrected chi connectivity index (χ4v) is 4.28. The largest absolute Gasteiger partial charge is 0.249 e. The van der Waals surface area contributed by atoms with Crippen molar-refractivity contribution in [3.8, 4) is 0 Å². The lowest BCUT2D eigenvalue weighted by Gasteiger charge is -2.31. The second-order valence-corrected chi connectivity index (χ2v) is 7.37. The predicted octanol–water partition coefficient (Wildman–Crippen LogP) is 1.58. The number of hydrogen-bond acceptors (Lipinski definition) is 4. The lowest BCUT2D eigenvalue weighted by molar-refractivity contribution is 0.258. The molecule has 2 aromatic rings. The smallest absolute Gasteiger partial charge is 0.218 e. The van der Waals surface area contributed by atoms with Gasteiger partial charge in [-0.3, -0.25) is 0 Å². The molecular formula is C14H17FN4O2S. The molecule has 0 spiro atoms. The molecule has 22 heavy (non-hydrogen) atoms. The zero-order valence-corrected chi connectivity index (χ0v) is 12.8. The monoisotopic (exact) mass is 324 g/mol. The van der Waals surface area contributed by atoms with Crippen molar-refractivity contribution in [3.05, 3.63) is 48.0 Å². The summed E-state index contributed by atoms with van der Waals surface area (Å²) in [5, 5.41) is 7.74. The summed E-state index contributed by atoms with van der Waals surface area (Å²) in [5.74, 6) is -0.587. The Morgan fingerprint density at radius 1 is 1.27 bits per heavy atom. The molecule has 0 aliphatic carbocycles. The van der Waals surface area contributed by atoms with E-state index in [9.17, 15) is 12.8 Å². The Labute approximate surface area is 128 Å². The van der Waals surface area contributed by atoms with E-state index >= 15 is 0 Å². The molecule has 6 nitrogen and oxygen atoms in total. The molecule has 1 aliphatic heterocycles. The summed E-state index contributed by atoms with van der Waals surface area (Å²) in [5.41, 5.74) is 0.471. The molecule has 8 heteroatoms. The lowest BCUT2D eigenvalue weighted by atomic mass is 10.1. The van der Waals surface area contributed by atoms with Gasteiger partial charge in [0, 0.05) is 19.3 Å². The number of nitrogens with zero attached hydrogens (tertiary/aromatic N) is 4. The van der Waals surface area contributed by atoms with Crippen LogP contribution in [0, 0.1) is 5.82 Å². The highest BCUT2D eigenvalue weighted by Gasteiger charge is 2.29. The van der Waals surface area contributed by atoms with E-state index < -0.39 is 15.8 Å². The van der Waals surface area contributed by atoms with Gasteiger partial charge in [-0.25, -0.2) is 21.8 Å². The first kappa shape index (κ1) is 15.1. The van der Waals surface area contributed by atoms with Crippen molar-refractivity contribution < 1.29 is 12.8 Å². The summed E-state index contributed by atoms with van der Waals surface area (Å²) in [6.45, 7) is 0.893. The summed E-state index contributed by atoms with van der Waals surface area (Å²) in [6, 6.07) is 5.91. The van der Waals surface area contributed by atoms with Gasteiger partial charge in [-0.2, -0.15) is 0 Å². The molecule has 2 heterocycles. The van der Waals surface area contributed by atoms with Gasteiger partial charge in [0.2, 0.25) is 10.0 Å². The van der Waals surface area contributed by atoms with Gasteiger partial charge in [0.25, 0.3) is 0 Å². The van der Waals surface area contributed by atoms with Crippen LogP contribution >= 0.6 is 0 Å². The Morgan fingerprint density at radius 2 is 2.05 bits per heavy atom. The molecule has 118 valence electrons. The first-order valence-corrected chi connectivity index (χ1v) is 8.73. The Kier molecular flexibility index (Phi) is 4.21. The van der Waals surface area contributed by atoms with Gasteiger partial charge in [-0.15, -0.1) is 5.10 Å². The summed E-state index contributed by atoms with van der Waals surface area (Å²) in [6.07, 6.45) is 4.81. The summed E-state index contributed by atoms with van der Waals surface area (Å²) < 4.78 is 41.3. The highest BCUT2D eigenvalue weighted by molar-refractivity contribution is 7.88. The van der Waals surface area contributed by atoms with Crippen LogP contribution in [-0.2, 0) is 15.8 Å². The van der Waals surface area contributed by atoms with Crippen molar-refractivity contribution in [1.82, 2.24) is 19.3 Å². The summed E-state index contributed by atoms with van der Waals surface area (Å²) in [4.78, 5) is 0. The zero-order valence-electron chi connectivity index (χ0n) is 12.0. The van der Waals surface area contributed by atoms with Gasteiger partial charge in [0.15, 0.2) is 0 Å². The van der Waals surface area contributed by atoms with Crippen LogP contribution in [0.5, 0.6) is 0 Å². The third kappa shape index (κ3) is 3.33.